The molecule has 28 heavy (non-hydrogen) atoms. The highest BCUT2D eigenvalue weighted by molar-refractivity contribution is 6.04. The number of anilines is 1. The molecule has 5 nitrogen and oxygen atoms in total. The van der Waals surface area contributed by atoms with E-state index in [-0.39, 0.29) is 5.91 Å². The number of hydrogen-bond acceptors (Lipinski definition) is 3. The van der Waals surface area contributed by atoms with E-state index in [0.29, 0.717) is 28.5 Å². The first-order valence-electron chi connectivity index (χ1n) is 9.01. The molecule has 0 saturated heterocycles. The molecule has 3 rings (SSSR count). The van der Waals surface area contributed by atoms with Crippen LogP contribution in [0.3, 0.4) is 0 Å². The second kappa shape index (κ2) is 8.39. The summed E-state index contributed by atoms with van der Waals surface area (Å²) in [4.78, 5) is 23.6. The van der Waals surface area contributed by atoms with Gasteiger partial charge in [-0.25, -0.2) is 0 Å². The fraction of sp³-hybridized carbons (Fsp3) is 0.130. The van der Waals surface area contributed by atoms with Gasteiger partial charge in [0.1, 0.15) is 11.5 Å². The number of nitrogens with two attached hydrogens (primary N) is 1. The molecular formula is C23H22N2O3. The van der Waals surface area contributed by atoms with E-state index in [1.165, 1.54) is 5.56 Å². The van der Waals surface area contributed by atoms with E-state index in [1.54, 1.807) is 48.5 Å². The van der Waals surface area contributed by atoms with Crippen LogP contribution >= 0.6 is 0 Å². The second-order valence-corrected chi connectivity index (χ2v) is 6.75. The number of ether oxygens (including phenoxy) is 1. The molecule has 0 unspecified atom stereocenters. The summed E-state index contributed by atoms with van der Waals surface area (Å²) in [6.45, 7) is 4.22. The standard InChI is InChI=1S/C23H22N2O3/c1-15(2)18-4-3-5-19(14-18)25-23(27)17-8-12-21(13-9-17)28-20-10-6-16(7-11-20)22(24)26/h3-15H,1-2H3,(H2,24,26)(H,25,27). The van der Waals surface area contributed by atoms with Crippen molar-refractivity contribution in [3.63, 3.8) is 0 Å². The van der Waals surface area contributed by atoms with E-state index in [9.17, 15) is 9.59 Å². The normalized spacial score (nSPS) is 10.5. The Labute approximate surface area is 164 Å². The Balaban J connectivity index is 1.65. The number of rotatable bonds is 6. The van der Waals surface area contributed by atoms with Gasteiger partial charge in [0.15, 0.2) is 0 Å². The molecule has 0 heterocycles. The number of carbonyl (C=O) groups excluding carboxylic acids is 2. The summed E-state index contributed by atoms with van der Waals surface area (Å²) in [5.74, 6) is 0.891. The molecule has 0 atom stereocenters. The first kappa shape index (κ1) is 19.2. The highest BCUT2D eigenvalue weighted by Gasteiger charge is 2.08. The summed E-state index contributed by atoms with van der Waals surface area (Å²) in [5, 5.41) is 2.92. The van der Waals surface area contributed by atoms with E-state index in [4.69, 9.17) is 10.5 Å². The molecule has 142 valence electrons. The van der Waals surface area contributed by atoms with E-state index in [2.05, 4.69) is 19.2 Å². The van der Waals surface area contributed by atoms with Crippen LogP contribution in [0.15, 0.2) is 72.8 Å². The van der Waals surface area contributed by atoms with Crippen molar-refractivity contribution in [1.29, 1.82) is 0 Å². The van der Waals surface area contributed by atoms with Crippen LogP contribution in [0, 0.1) is 0 Å². The van der Waals surface area contributed by atoms with Crippen LogP contribution in [0.1, 0.15) is 46.0 Å². The Morgan fingerprint density at radius 2 is 1.43 bits per heavy atom. The predicted octanol–water partition coefficient (Wildman–Crippen LogP) is 4.95. The van der Waals surface area contributed by atoms with E-state index >= 15 is 0 Å². The zero-order valence-corrected chi connectivity index (χ0v) is 15.8. The Hall–Kier alpha value is -3.60. The summed E-state index contributed by atoms with van der Waals surface area (Å²) in [6, 6.07) is 21.2. The number of hydrogen-bond donors (Lipinski definition) is 2. The first-order chi connectivity index (χ1) is 13.4. The molecule has 3 aromatic carbocycles. The minimum Gasteiger partial charge on any atom is -0.457 e. The fourth-order valence-corrected chi connectivity index (χ4v) is 2.68. The molecule has 3 N–H and O–H groups in total. The third-order valence-electron chi connectivity index (χ3n) is 4.30. The van der Waals surface area contributed by atoms with Gasteiger partial charge in [-0.3, -0.25) is 9.59 Å². The van der Waals surface area contributed by atoms with Crippen molar-refractivity contribution < 1.29 is 14.3 Å². The molecule has 0 bridgehead atoms. The van der Waals surface area contributed by atoms with Gasteiger partial charge < -0.3 is 15.8 Å². The number of nitrogens with one attached hydrogen (secondary N) is 1. The van der Waals surface area contributed by atoms with Gasteiger partial charge in [0.2, 0.25) is 5.91 Å². The lowest BCUT2D eigenvalue weighted by Crippen LogP contribution is -2.12. The smallest absolute Gasteiger partial charge is 0.255 e. The predicted molar refractivity (Wildman–Crippen MR) is 110 cm³/mol. The van der Waals surface area contributed by atoms with Crippen molar-refractivity contribution in [2.75, 3.05) is 5.32 Å². The van der Waals surface area contributed by atoms with Gasteiger partial charge in [-0.15, -0.1) is 0 Å². The molecule has 0 aliphatic rings. The molecule has 0 aromatic heterocycles. The Kier molecular flexibility index (Phi) is 5.75. The van der Waals surface area contributed by atoms with Gasteiger partial charge in [-0.1, -0.05) is 26.0 Å². The van der Waals surface area contributed by atoms with Crippen molar-refractivity contribution in [3.8, 4) is 11.5 Å². The second-order valence-electron chi connectivity index (χ2n) is 6.75. The van der Waals surface area contributed by atoms with Gasteiger partial charge in [-0.05, 0) is 72.1 Å². The summed E-state index contributed by atoms with van der Waals surface area (Å²) in [7, 11) is 0. The lowest BCUT2D eigenvalue weighted by atomic mass is 10.0. The molecule has 0 saturated carbocycles. The van der Waals surface area contributed by atoms with Crippen LogP contribution in [0.25, 0.3) is 0 Å². The molecular weight excluding hydrogens is 352 g/mol. The minimum absolute atomic E-state index is 0.182. The van der Waals surface area contributed by atoms with Crippen LogP contribution in [-0.2, 0) is 0 Å². The van der Waals surface area contributed by atoms with E-state index in [1.807, 2.05) is 24.3 Å². The van der Waals surface area contributed by atoms with Crippen molar-refractivity contribution >= 4 is 17.5 Å². The Morgan fingerprint density at radius 3 is 1.96 bits per heavy atom. The number of benzene rings is 3. The number of amides is 2. The highest BCUT2D eigenvalue weighted by Crippen LogP contribution is 2.23. The van der Waals surface area contributed by atoms with Crippen LogP contribution in [0.4, 0.5) is 5.69 Å². The van der Waals surface area contributed by atoms with E-state index < -0.39 is 5.91 Å². The van der Waals surface area contributed by atoms with Gasteiger partial charge in [0.25, 0.3) is 5.91 Å². The van der Waals surface area contributed by atoms with Crippen LogP contribution in [-0.4, -0.2) is 11.8 Å². The van der Waals surface area contributed by atoms with Crippen molar-refractivity contribution in [2.45, 2.75) is 19.8 Å². The average molecular weight is 374 g/mol. The Morgan fingerprint density at radius 1 is 0.857 bits per heavy atom. The molecule has 5 heteroatoms. The lowest BCUT2D eigenvalue weighted by molar-refractivity contribution is 0.0997. The summed E-state index contributed by atoms with van der Waals surface area (Å²) in [6.07, 6.45) is 0. The molecule has 0 fully saturated rings. The van der Waals surface area contributed by atoms with E-state index in [0.717, 1.165) is 5.69 Å². The Bertz CT molecular complexity index is 977. The van der Waals surface area contributed by atoms with Gasteiger partial charge >= 0.3 is 0 Å². The van der Waals surface area contributed by atoms with Crippen molar-refractivity contribution in [2.24, 2.45) is 5.73 Å². The largest absolute Gasteiger partial charge is 0.457 e. The maximum atomic E-state index is 12.5. The zero-order chi connectivity index (χ0) is 20.1. The lowest BCUT2D eigenvalue weighted by Gasteiger charge is -2.10. The summed E-state index contributed by atoms with van der Waals surface area (Å²) >= 11 is 0. The fourth-order valence-electron chi connectivity index (χ4n) is 2.68. The van der Waals surface area contributed by atoms with Crippen molar-refractivity contribution in [1.82, 2.24) is 0 Å². The van der Waals surface area contributed by atoms with Crippen molar-refractivity contribution in [3.05, 3.63) is 89.5 Å². The molecule has 0 spiro atoms. The van der Waals surface area contributed by atoms with Crippen LogP contribution in [0.2, 0.25) is 0 Å². The summed E-state index contributed by atoms with van der Waals surface area (Å²) in [5.41, 5.74) is 8.11. The molecule has 3 aromatic rings. The molecule has 2 amide bonds. The topological polar surface area (TPSA) is 81.4 Å². The quantitative estimate of drug-likeness (QED) is 0.640. The first-order valence-corrected chi connectivity index (χ1v) is 9.01. The molecule has 0 aliphatic heterocycles. The highest BCUT2D eigenvalue weighted by atomic mass is 16.5. The third-order valence-corrected chi connectivity index (χ3v) is 4.30. The number of carbonyl (C=O) groups is 2. The maximum absolute atomic E-state index is 12.5. The third kappa shape index (κ3) is 4.76. The SMILES string of the molecule is CC(C)c1cccc(NC(=O)c2ccc(Oc3ccc(C(N)=O)cc3)cc2)c1. The maximum Gasteiger partial charge on any atom is 0.255 e. The monoisotopic (exact) mass is 374 g/mol. The van der Waals surface area contributed by atoms with Gasteiger partial charge in [0, 0.05) is 16.8 Å². The summed E-state index contributed by atoms with van der Waals surface area (Å²) < 4.78 is 5.72. The molecule has 0 radical (unpaired) electrons. The zero-order valence-electron chi connectivity index (χ0n) is 15.8. The minimum atomic E-state index is -0.485. The van der Waals surface area contributed by atoms with Crippen LogP contribution < -0.4 is 15.8 Å². The van der Waals surface area contributed by atoms with Gasteiger partial charge in [-0.2, -0.15) is 0 Å². The molecule has 0 aliphatic carbocycles. The average Bonchev–Trinajstić information content (AvgIpc) is 2.69. The number of primary amides is 1. The van der Waals surface area contributed by atoms with Crippen LogP contribution in [0.5, 0.6) is 11.5 Å². The van der Waals surface area contributed by atoms with Gasteiger partial charge in [0.05, 0.1) is 0 Å².